The fourth-order valence-corrected chi connectivity index (χ4v) is 12.8. The van der Waals surface area contributed by atoms with Crippen LogP contribution in [0.5, 0.6) is 0 Å². The molecular formula is C40H55NO5. The van der Waals surface area contributed by atoms with Gasteiger partial charge in [-0.1, -0.05) is 65.0 Å². The first-order valence-corrected chi connectivity index (χ1v) is 17.7. The molecule has 5 aliphatic carbocycles. The number of carboxylic acids is 1. The van der Waals surface area contributed by atoms with Crippen LogP contribution in [0.4, 0.5) is 5.69 Å². The molecule has 4 saturated carbocycles. The molecule has 6 rings (SSSR count). The normalized spacial score (nSPS) is 40.7. The number of carbonyl (C=O) groups is 3. The number of anilines is 1. The average molecular weight is 630 g/mol. The van der Waals surface area contributed by atoms with E-state index in [1.54, 1.807) is 0 Å². The van der Waals surface area contributed by atoms with Crippen molar-refractivity contribution in [1.82, 2.24) is 0 Å². The summed E-state index contributed by atoms with van der Waals surface area (Å²) in [5, 5.41) is 13.6. The lowest BCUT2D eigenvalue weighted by Crippen LogP contribution is -2.65. The number of fused-ring (bicyclic) bond motifs is 7. The number of amides is 1. The summed E-state index contributed by atoms with van der Waals surface area (Å²) < 4.78 is 4.65. The van der Waals surface area contributed by atoms with Crippen molar-refractivity contribution in [2.75, 3.05) is 11.9 Å². The van der Waals surface area contributed by atoms with Crippen LogP contribution in [0, 0.1) is 56.7 Å². The highest BCUT2D eigenvalue weighted by atomic mass is 16.5. The molecule has 0 heterocycles. The van der Waals surface area contributed by atoms with E-state index in [1.807, 2.05) is 12.1 Å². The van der Waals surface area contributed by atoms with E-state index in [4.69, 9.17) is 0 Å². The van der Waals surface area contributed by atoms with Gasteiger partial charge in [0.15, 0.2) is 0 Å². The second kappa shape index (κ2) is 11.4. The Hall–Kier alpha value is -2.89. The van der Waals surface area contributed by atoms with E-state index in [-0.39, 0.29) is 46.5 Å². The maximum absolute atomic E-state index is 13.0. The minimum absolute atomic E-state index is 0.00938. The van der Waals surface area contributed by atoms with E-state index < -0.39 is 11.4 Å². The zero-order valence-electron chi connectivity index (χ0n) is 28.9. The number of nitrogens with one attached hydrogen (secondary N) is 1. The number of ether oxygens (including phenoxy) is 1. The molecule has 5 aliphatic rings. The highest BCUT2D eigenvalue weighted by molar-refractivity contribution is 5.91. The lowest BCUT2D eigenvalue weighted by molar-refractivity contribution is -0.227. The number of allylic oxidation sites excluding steroid dienone is 3. The first kappa shape index (κ1) is 33.0. The molecule has 0 aromatic heterocycles. The summed E-state index contributed by atoms with van der Waals surface area (Å²) in [6.07, 6.45) is 12.0. The Kier molecular flexibility index (Phi) is 8.16. The topological polar surface area (TPSA) is 92.7 Å². The van der Waals surface area contributed by atoms with Crippen molar-refractivity contribution in [3.8, 4) is 0 Å². The summed E-state index contributed by atoms with van der Waals surface area (Å²) >= 11 is 0. The third-order valence-corrected chi connectivity index (χ3v) is 15.1. The summed E-state index contributed by atoms with van der Waals surface area (Å²) in [6.45, 7) is 19.6. The van der Waals surface area contributed by atoms with Gasteiger partial charge in [0.1, 0.15) is 0 Å². The van der Waals surface area contributed by atoms with Crippen molar-refractivity contribution in [2.45, 2.75) is 106 Å². The molecule has 4 fully saturated rings. The van der Waals surface area contributed by atoms with Crippen molar-refractivity contribution in [1.29, 1.82) is 0 Å². The van der Waals surface area contributed by atoms with E-state index in [9.17, 15) is 19.5 Å². The van der Waals surface area contributed by atoms with Gasteiger partial charge in [0.2, 0.25) is 5.91 Å². The summed E-state index contributed by atoms with van der Waals surface area (Å²) in [4.78, 5) is 35.6. The quantitative estimate of drug-likeness (QED) is 0.170. The van der Waals surface area contributed by atoms with Crippen LogP contribution in [0.15, 0.2) is 42.5 Å². The highest BCUT2D eigenvalue weighted by Gasteiger charge is 2.71. The Balaban J connectivity index is 1.27. The van der Waals surface area contributed by atoms with Crippen molar-refractivity contribution in [2.24, 2.45) is 56.7 Å². The van der Waals surface area contributed by atoms with Gasteiger partial charge in [0, 0.05) is 5.69 Å². The fraction of sp³-hybridized carbons (Fsp3) is 0.675. The van der Waals surface area contributed by atoms with Gasteiger partial charge < -0.3 is 15.2 Å². The Bertz CT molecular complexity index is 1440. The smallest absolute Gasteiger partial charge is 0.309 e. The number of rotatable bonds is 8. The maximum atomic E-state index is 13.0. The predicted molar refractivity (Wildman–Crippen MR) is 182 cm³/mol. The fourth-order valence-electron chi connectivity index (χ4n) is 12.8. The number of carbonyl (C=O) groups excluding carboxylic acids is 2. The minimum atomic E-state index is -0.578. The molecule has 0 aliphatic heterocycles. The summed E-state index contributed by atoms with van der Waals surface area (Å²) in [5.41, 5.74) is 4.43. The van der Waals surface area contributed by atoms with Gasteiger partial charge in [0.05, 0.1) is 18.4 Å². The van der Waals surface area contributed by atoms with Crippen LogP contribution in [0.1, 0.15) is 111 Å². The van der Waals surface area contributed by atoms with E-state index in [0.29, 0.717) is 30.1 Å². The van der Waals surface area contributed by atoms with Crippen LogP contribution in [-0.2, 0) is 19.1 Å². The number of hydrogen-bond donors (Lipinski definition) is 2. The van der Waals surface area contributed by atoms with Gasteiger partial charge in [-0.2, -0.15) is 0 Å². The van der Waals surface area contributed by atoms with E-state index in [0.717, 1.165) is 44.2 Å². The Morgan fingerprint density at radius 3 is 2.33 bits per heavy atom. The molecule has 0 saturated heterocycles. The Labute approximate surface area is 275 Å². The SMILES string of the molecule is C=C(C)[C@@H]1CC[C@]2(C(=O)O)CC[C@]3(C)[C@H](CC[C@@H]4[C@@]5(C)CC=C(c6ccc(NC(=O)CCOC=O)cc6)C(C)(C)[C@@H]5CC[C@]43C)[C@@H]12. The largest absolute Gasteiger partial charge is 0.481 e. The van der Waals surface area contributed by atoms with E-state index >= 15 is 0 Å². The molecule has 1 aromatic rings. The van der Waals surface area contributed by atoms with Gasteiger partial charge in [-0.3, -0.25) is 14.4 Å². The molecule has 0 unspecified atom stereocenters. The van der Waals surface area contributed by atoms with Crippen LogP contribution >= 0.6 is 0 Å². The summed E-state index contributed by atoms with van der Waals surface area (Å²) in [6, 6.07) is 8.20. The zero-order chi connectivity index (χ0) is 33.3. The number of hydrogen-bond acceptors (Lipinski definition) is 4. The molecule has 46 heavy (non-hydrogen) atoms. The third kappa shape index (κ3) is 4.66. The Morgan fingerprint density at radius 1 is 0.957 bits per heavy atom. The first-order valence-electron chi connectivity index (χ1n) is 17.7. The number of benzene rings is 1. The molecule has 9 atom stereocenters. The summed E-state index contributed by atoms with van der Waals surface area (Å²) in [7, 11) is 0. The van der Waals surface area contributed by atoms with Crippen LogP contribution < -0.4 is 5.32 Å². The summed E-state index contributed by atoms with van der Waals surface area (Å²) in [5.74, 6) is 1.37. The molecule has 1 aromatic carbocycles. The van der Waals surface area contributed by atoms with E-state index in [2.05, 4.69) is 76.4 Å². The van der Waals surface area contributed by atoms with Crippen LogP contribution in [0.25, 0.3) is 5.57 Å². The van der Waals surface area contributed by atoms with Crippen LogP contribution in [0.2, 0.25) is 0 Å². The maximum Gasteiger partial charge on any atom is 0.309 e. The van der Waals surface area contributed by atoms with Crippen LogP contribution in [-0.4, -0.2) is 30.1 Å². The molecule has 6 nitrogen and oxygen atoms in total. The highest BCUT2D eigenvalue weighted by Crippen LogP contribution is 2.77. The van der Waals surface area contributed by atoms with Gasteiger partial charge in [-0.05, 0) is 139 Å². The molecule has 0 radical (unpaired) electrons. The zero-order valence-corrected chi connectivity index (χ0v) is 28.9. The predicted octanol–water partition coefficient (Wildman–Crippen LogP) is 8.92. The molecular weight excluding hydrogens is 574 g/mol. The first-order chi connectivity index (χ1) is 21.7. The average Bonchev–Trinajstić information content (AvgIpc) is 3.40. The standard InChI is InChI=1S/C40H55NO5/c1-25(2)28-14-20-40(35(44)45)22-21-38(6)30(34(28)40)12-13-32-37(5)18-15-29(36(3,4)31(37)16-19-39(32,38)7)26-8-10-27(11-9-26)41-33(43)17-23-46-24-42/h8-11,15,24,28,30-32,34H,1,12-14,16-23H2,2-7H3,(H,41,43)(H,44,45)/t28-,30+,31-,32+,34+,37-,38+,39+,40-/m0/s1. The van der Waals surface area contributed by atoms with Crippen LogP contribution in [0.3, 0.4) is 0 Å². The molecule has 250 valence electrons. The van der Waals surface area contributed by atoms with Crippen molar-refractivity contribution in [3.63, 3.8) is 0 Å². The lowest BCUT2D eigenvalue weighted by Gasteiger charge is -2.72. The molecule has 0 bridgehead atoms. The van der Waals surface area contributed by atoms with Crippen molar-refractivity contribution >= 4 is 29.6 Å². The number of carboxylic acid groups (broad SMARTS) is 1. The minimum Gasteiger partial charge on any atom is -0.481 e. The second-order valence-electron chi connectivity index (χ2n) is 17.0. The number of aliphatic carboxylic acids is 1. The molecule has 0 spiro atoms. The van der Waals surface area contributed by atoms with Gasteiger partial charge in [-0.15, -0.1) is 0 Å². The second-order valence-corrected chi connectivity index (χ2v) is 17.0. The van der Waals surface area contributed by atoms with Gasteiger partial charge in [0.25, 0.3) is 6.47 Å². The molecule has 1 amide bonds. The van der Waals surface area contributed by atoms with Gasteiger partial charge in [-0.25, -0.2) is 0 Å². The van der Waals surface area contributed by atoms with E-state index in [1.165, 1.54) is 36.0 Å². The van der Waals surface area contributed by atoms with Crippen molar-refractivity contribution in [3.05, 3.63) is 48.1 Å². The third-order valence-electron chi connectivity index (χ3n) is 15.1. The molecule has 6 heteroatoms. The van der Waals surface area contributed by atoms with Gasteiger partial charge >= 0.3 is 5.97 Å². The monoisotopic (exact) mass is 629 g/mol. The molecule has 2 N–H and O–H groups in total. The lowest BCUT2D eigenvalue weighted by atomic mass is 9.32. The van der Waals surface area contributed by atoms with Crippen molar-refractivity contribution < 1.29 is 24.2 Å². The Morgan fingerprint density at radius 2 is 1.67 bits per heavy atom.